The van der Waals surface area contributed by atoms with Gasteiger partial charge in [-0.05, 0) is 13.8 Å². The smallest absolute Gasteiger partial charge is 0.322 e. The van der Waals surface area contributed by atoms with E-state index in [-0.39, 0.29) is 0 Å². The van der Waals surface area contributed by atoms with Crippen LogP contribution in [0.15, 0.2) is 12.4 Å². The van der Waals surface area contributed by atoms with Gasteiger partial charge in [0.15, 0.2) is 0 Å². The number of carboxylic acids is 1. The number of carbonyl (C=O) groups is 1. The molecule has 1 fully saturated rings. The number of aliphatic carboxylic acids is 1. The van der Waals surface area contributed by atoms with E-state index in [1.165, 1.54) is 0 Å². The quantitative estimate of drug-likeness (QED) is 0.807. The zero-order valence-corrected chi connectivity index (χ0v) is 10.8. The van der Waals surface area contributed by atoms with Gasteiger partial charge in [-0.15, -0.1) is 0 Å². The largest absolute Gasteiger partial charge is 0.480 e. The Balaban J connectivity index is 2.03. The van der Waals surface area contributed by atoms with Gasteiger partial charge in [0.25, 0.3) is 0 Å². The molecule has 0 aliphatic carbocycles. The monoisotopic (exact) mass is 252 g/mol. The summed E-state index contributed by atoms with van der Waals surface area (Å²) in [6.07, 6.45) is 3.81. The van der Waals surface area contributed by atoms with E-state index < -0.39 is 12.0 Å². The Morgan fingerprint density at radius 2 is 2.44 bits per heavy atom. The lowest BCUT2D eigenvalue weighted by atomic mass is 10.1. The standard InChI is InChI=1S/C12H20N4O2/c1-9(2)16-8-10(5-14-16)7-15-4-3-13-6-11(15)12(17)18/h5,8-9,11,13H,3-4,6-7H2,1-2H3,(H,17,18). The Labute approximate surface area is 107 Å². The van der Waals surface area contributed by atoms with Gasteiger partial charge in [0, 0.05) is 44.0 Å². The third-order valence-corrected chi connectivity index (χ3v) is 3.21. The Morgan fingerprint density at radius 3 is 3.06 bits per heavy atom. The zero-order valence-electron chi connectivity index (χ0n) is 10.8. The molecule has 1 aromatic rings. The van der Waals surface area contributed by atoms with E-state index in [0.29, 0.717) is 19.1 Å². The van der Waals surface area contributed by atoms with E-state index in [0.717, 1.165) is 18.7 Å². The molecule has 1 aliphatic heterocycles. The predicted octanol–water partition coefficient (Wildman–Crippen LogP) is 0.322. The van der Waals surface area contributed by atoms with Gasteiger partial charge in [-0.3, -0.25) is 14.4 Å². The second-order valence-corrected chi connectivity index (χ2v) is 4.95. The average Bonchev–Trinajstić information content (AvgIpc) is 2.78. The van der Waals surface area contributed by atoms with Gasteiger partial charge < -0.3 is 10.4 Å². The highest BCUT2D eigenvalue weighted by Gasteiger charge is 2.28. The van der Waals surface area contributed by atoms with Crippen molar-refractivity contribution in [1.82, 2.24) is 20.0 Å². The molecule has 1 unspecified atom stereocenters. The number of rotatable bonds is 4. The minimum absolute atomic E-state index is 0.331. The molecule has 0 spiro atoms. The van der Waals surface area contributed by atoms with Gasteiger partial charge in [-0.25, -0.2) is 0 Å². The van der Waals surface area contributed by atoms with Crippen LogP contribution in [0.4, 0.5) is 0 Å². The van der Waals surface area contributed by atoms with Crippen molar-refractivity contribution in [2.75, 3.05) is 19.6 Å². The van der Waals surface area contributed by atoms with Crippen molar-refractivity contribution in [3.63, 3.8) is 0 Å². The van der Waals surface area contributed by atoms with Crippen molar-refractivity contribution in [2.24, 2.45) is 0 Å². The highest BCUT2D eigenvalue weighted by Crippen LogP contribution is 2.12. The number of piperazine rings is 1. The lowest BCUT2D eigenvalue weighted by molar-refractivity contribution is -0.144. The normalized spacial score (nSPS) is 21.4. The number of hydrogen-bond donors (Lipinski definition) is 2. The summed E-state index contributed by atoms with van der Waals surface area (Å²) in [5.74, 6) is -0.765. The summed E-state index contributed by atoms with van der Waals surface area (Å²) < 4.78 is 1.90. The zero-order chi connectivity index (χ0) is 13.1. The summed E-state index contributed by atoms with van der Waals surface area (Å²) in [5.41, 5.74) is 1.07. The summed E-state index contributed by atoms with van der Waals surface area (Å²) in [5, 5.41) is 16.6. The summed E-state index contributed by atoms with van der Waals surface area (Å²) in [7, 11) is 0. The number of carboxylic acid groups (broad SMARTS) is 1. The first-order valence-electron chi connectivity index (χ1n) is 6.28. The third kappa shape index (κ3) is 2.88. The summed E-state index contributed by atoms with van der Waals surface area (Å²) in [6.45, 7) is 6.88. The van der Waals surface area contributed by atoms with Crippen molar-refractivity contribution in [1.29, 1.82) is 0 Å². The van der Waals surface area contributed by atoms with Crippen molar-refractivity contribution in [2.45, 2.75) is 32.5 Å². The molecule has 1 aromatic heterocycles. The van der Waals surface area contributed by atoms with Crippen LogP contribution >= 0.6 is 0 Å². The molecule has 0 amide bonds. The second kappa shape index (κ2) is 5.49. The van der Waals surface area contributed by atoms with Crippen molar-refractivity contribution >= 4 is 5.97 Å². The fourth-order valence-corrected chi connectivity index (χ4v) is 2.16. The van der Waals surface area contributed by atoms with Crippen LogP contribution in [0.1, 0.15) is 25.5 Å². The minimum atomic E-state index is -0.765. The van der Waals surface area contributed by atoms with Gasteiger partial charge in [0.1, 0.15) is 6.04 Å². The predicted molar refractivity (Wildman–Crippen MR) is 67.3 cm³/mol. The summed E-state index contributed by atoms with van der Waals surface area (Å²) in [6, 6.07) is -0.113. The van der Waals surface area contributed by atoms with Crippen LogP contribution in [0, 0.1) is 0 Å². The highest BCUT2D eigenvalue weighted by atomic mass is 16.4. The first kappa shape index (κ1) is 13.0. The summed E-state index contributed by atoms with van der Waals surface area (Å²) >= 11 is 0. The van der Waals surface area contributed by atoms with Crippen molar-refractivity contribution in [3.05, 3.63) is 18.0 Å². The molecule has 0 aromatic carbocycles. The number of hydrogen-bond acceptors (Lipinski definition) is 4. The van der Waals surface area contributed by atoms with Gasteiger partial charge in [0.05, 0.1) is 6.20 Å². The van der Waals surface area contributed by atoms with Crippen molar-refractivity contribution in [3.8, 4) is 0 Å². The molecular weight excluding hydrogens is 232 g/mol. The van der Waals surface area contributed by atoms with Crippen LogP contribution in [0.5, 0.6) is 0 Å². The van der Waals surface area contributed by atoms with Crippen LogP contribution in [0.2, 0.25) is 0 Å². The molecule has 0 saturated carbocycles. The fraction of sp³-hybridized carbons (Fsp3) is 0.667. The van der Waals surface area contributed by atoms with Crippen molar-refractivity contribution < 1.29 is 9.90 Å². The van der Waals surface area contributed by atoms with Gasteiger partial charge in [0.2, 0.25) is 0 Å². The molecule has 1 aliphatic rings. The van der Waals surface area contributed by atoms with Crippen LogP contribution in [-0.2, 0) is 11.3 Å². The summed E-state index contributed by atoms with van der Waals surface area (Å²) in [4.78, 5) is 13.2. The number of nitrogens with zero attached hydrogens (tertiary/aromatic N) is 3. The minimum Gasteiger partial charge on any atom is -0.480 e. The second-order valence-electron chi connectivity index (χ2n) is 4.95. The Morgan fingerprint density at radius 1 is 1.67 bits per heavy atom. The first-order chi connectivity index (χ1) is 8.58. The SMILES string of the molecule is CC(C)n1cc(CN2CCNCC2C(=O)O)cn1. The molecule has 2 N–H and O–H groups in total. The molecule has 1 atom stereocenters. The molecule has 6 heteroatoms. The molecule has 0 radical (unpaired) electrons. The molecule has 2 heterocycles. The Bertz CT molecular complexity index is 416. The molecule has 0 bridgehead atoms. The molecule has 2 rings (SSSR count). The first-order valence-corrected chi connectivity index (χ1v) is 6.28. The van der Waals surface area contributed by atoms with Gasteiger partial charge in [-0.1, -0.05) is 0 Å². The van der Waals surface area contributed by atoms with E-state index in [1.807, 2.05) is 22.0 Å². The lowest BCUT2D eigenvalue weighted by Gasteiger charge is -2.32. The van der Waals surface area contributed by atoms with Gasteiger partial charge in [-0.2, -0.15) is 5.10 Å². The lowest BCUT2D eigenvalue weighted by Crippen LogP contribution is -2.54. The topological polar surface area (TPSA) is 70.4 Å². The van der Waals surface area contributed by atoms with E-state index in [1.54, 1.807) is 0 Å². The maximum atomic E-state index is 11.2. The third-order valence-electron chi connectivity index (χ3n) is 3.21. The number of nitrogens with one attached hydrogen (secondary N) is 1. The maximum Gasteiger partial charge on any atom is 0.322 e. The Hall–Kier alpha value is -1.40. The average molecular weight is 252 g/mol. The van der Waals surface area contributed by atoms with E-state index in [4.69, 9.17) is 0 Å². The van der Waals surface area contributed by atoms with Crippen LogP contribution in [0.25, 0.3) is 0 Å². The van der Waals surface area contributed by atoms with Crippen LogP contribution < -0.4 is 5.32 Å². The fourth-order valence-electron chi connectivity index (χ4n) is 2.16. The molecule has 6 nitrogen and oxygen atoms in total. The van der Waals surface area contributed by atoms with E-state index >= 15 is 0 Å². The van der Waals surface area contributed by atoms with Gasteiger partial charge >= 0.3 is 5.97 Å². The molecule has 1 saturated heterocycles. The molecular formula is C12H20N4O2. The van der Waals surface area contributed by atoms with E-state index in [2.05, 4.69) is 24.3 Å². The van der Waals surface area contributed by atoms with Crippen LogP contribution in [-0.4, -0.2) is 51.4 Å². The van der Waals surface area contributed by atoms with Crippen LogP contribution in [0.3, 0.4) is 0 Å². The number of aromatic nitrogens is 2. The maximum absolute atomic E-state index is 11.2. The molecule has 18 heavy (non-hydrogen) atoms. The van der Waals surface area contributed by atoms with E-state index in [9.17, 15) is 9.90 Å². The highest BCUT2D eigenvalue weighted by molar-refractivity contribution is 5.73. The molecule has 100 valence electrons. The Kier molecular flexibility index (Phi) is 3.98.